The molecular weight excluding hydrogens is 288 g/mol. The number of rotatable bonds is 2. The molecule has 120 valence electrons. The first-order valence-electron chi connectivity index (χ1n) is 8.70. The monoisotopic (exact) mass is 316 g/mol. The summed E-state index contributed by atoms with van der Waals surface area (Å²) in [4.78, 5) is 4.78. The van der Waals surface area contributed by atoms with E-state index in [4.69, 9.17) is 4.99 Å². The molecule has 0 bridgehead atoms. The van der Waals surface area contributed by atoms with E-state index in [0.29, 0.717) is 10.7 Å². The van der Waals surface area contributed by atoms with E-state index in [1.54, 1.807) is 0 Å². The molecule has 0 aromatic heterocycles. The Morgan fingerprint density at radius 3 is 2.64 bits per heavy atom. The zero-order valence-electron chi connectivity index (χ0n) is 14.1. The average molecular weight is 317 g/mol. The van der Waals surface area contributed by atoms with Crippen molar-refractivity contribution in [1.82, 2.24) is 0 Å². The molecule has 1 aromatic carbocycles. The first-order valence-corrected chi connectivity index (χ1v) is 9.51. The van der Waals surface area contributed by atoms with Crippen LogP contribution < -0.4 is 5.32 Å². The molecule has 1 heterocycles. The van der Waals surface area contributed by atoms with Crippen LogP contribution in [0.3, 0.4) is 0 Å². The first kappa shape index (κ1) is 15.9. The summed E-state index contributed by atoms with van der Waals surface area (Å²) < 4.78 is 0.461. The van der Waals surface area contributed by atoms with Gasteiger partial charge in [0.1, 0.15) is 0 Å². The summed E-state index contributed by atoms with van der Waals surface area (Å²) in [5, 5.41) is 4.83. The van der Waals surface area contributed by atoms with Gasteiger partial charge < -0.3 is 5.32 Å². The third kappa shape index (κ3) is 3.34. The lowest BCUT2D eigenvalue weighted by Crippen LogP contribution is -2.35. The van der Waals surface area contributed by atoms with Gasteiger partial charge in [0.2, 0.25) is 0 Å². The number of nitrogens with zero attached hydrogens (tertiary/aromatic N) is 1. The fraction of sp³-hybridized carbons (Fsp3) is 0.632. The van der Waals surface area contributed by atoms with Gasteiger partial charge in [0, 0.05) is 17.0 Å². The number of amidine groups is 1. The number of nitrogens with one attached hydrogen (secondary N) is 1. The minimum atomic E-state index is 0.461. The summed E-state index contributed by atoms with van der Waals surface area (Å²) in [6, 6.07) is 6.59. The van der Waals surface area contributed by atoms with Crippen LogP contribution in [-0.4, -0.2) is 16.5 Å². The molecule has 3 heteroatoms. The Kier molecular flexibility index (Phi) is 4.82. The highest BCUT2D eigenvalue weighted by molar-refractivity contribution is 8.15. The molecule has 1 aliphatic carbocycles. The van der Waals surface area contributed by atoms with E-state index in [9.17, 15) is 0 Å². The first-order chi connectivity index (χ1) is 10.6. The molecule has 1 aliphatic heterocycles. The lowest BCUT2D eigenvalue weighted by atomic mass is 9.86. The maximum absolute atomic E-state index is 4.78. The Balaban J connectivity index is 1.80. The van der Waals surface area contributed by atoms with Crippen molar-refractivity contribution in [2.75, 3.05) is 11.9 Å². The Morgan fingerprint density at radius 2 is 1.91 bits per heavy atom. The van der Waals surface area contributed by atoms with Gasteiger partial charge in [-0.3, -0.25) is 4.99 Å². The molecule has 0 saturated heterocycles. The highest BCUT2D eigenvalue weighted by atomic mass is 32.2. The van der Waals surface area contributed by atoms with Crippen LogP contribution >= 0.6 is 11.8 Å². The zero-order chi connectivity index (χ0) is 15.6. The molecule has 2 aliphatic rings. The molecule has 1 fully saturated rings. The molecule has 1 spiro atoms. The molecule has 0 atom stereocenters. The van der Waals surface area contributed by atoms with E-state index in [1.807, 2.05) is 11.8 Å². The van der Waals surface area contributed by atoms with E-state index in [0.717, 1.165) is 11.7 Å². The highest BCUT2D eigenvalue weighted by Gasteiger charge is 2.36. The van der Waals surface area contributed by atoms with Gasteiger partial charge in [0.05, 0.1) is 0 Å². The van der Waals surface area contributed by atoms with Crippen molar-refractivity contribution in [3.05, 3.63) is 29.3 Å². The molecule has 3 rings (SSSR count). The molecule has 1 aromatic rings. The molecular formula is C19H28N2S. The van der Waals surface area contributed by atoms with Gasteiger partial charge in [-0.2, -0.15) is 0 Å². The van der Waals surface area contributed by atoms with Crippen LogP contribution in [0.4, 0.5) is 5.69 Å². The van der Waals surface area contributed by atoms with Crippen LogP contribution in [0.5, 0.6) is 0 Å². The molecule has 0 radical (unpaired) electrons. The number of hydrogen-bond donors (Lipinski definition) is 1. The second-order valence-electron chi connectivity index (χ2n) is 7.10. The van der Waals surface area contributed by atoms with Crippen LogP contribution in [0.1, 0.15) is 69.4 Å². The summed E-state index contributed by atoms with van der Waals surface area (Å²) >= 11 is 2.02. The zero-order valence-corrected chi connectivity index (χ0v) is 14.9. The Labute approximate surface area is 139 Å². The van der Waals surface area contributed by atoms with Crippen molar-refractivity contribution in [3.63, 3.8) is 0 Å². The average Bonchev–Trinajstić information content (AvgIpc) is 2.50. The maximum atomic E-state index is 4.78. The third-order valence-corrected chi connectivity index (χ3v) is 6.53. The second kappa shape index (κ2) is 6.66. The van der Waals surface area contributed by atoms with Gasteiger partial charge in [0.15, 0.2) is 5.17 Å². The summed E-state index contributed by atoms with van der Waals surface area (Å²) in [7, 11) is 0. The lowest BCUT2D eigenvalue weighted by Gasteiger charge is -2.39. The number of anilines is 1. The molecule has 2 nitrogen and oxygen atoms in total. The fourth-order valence-corrected chi connectivity index (χ4v) is 5.12. The predicted molar refractivity (Wildman–Crippen MR) is 99.2 cm³/mol. The van der Waals surface area contributed by atoms with Crippen LogP contribution in [-0.2, 0) is 0 Å². The third-order valence-electron chi connectivity index (χ3n) is 5.06. The minimum absolute atomic E-state index is 0.461. The van der Waals surface area contributed by atoms with Crippen molar-refractivity contribution in [2.45, 2.75) is 70.0 Å². The fourth-order valence-electron chi connectivity index (χ4n) is 3.71. The van der Waals surface area contributed by atoms with Crippen molar-refractivity contribution >= 4 is 22.6 Å². The van der Waals surface area contributed by atoms with Gasteiger partial charge in [-0.05, 0) is 43.2 Å². The number of hydrogen-bond acceptors (Lipinski definition) is 3. The minimum Gasteiger partial charge on any atom is -0.335 e. The molecule has 1 saturated carbocycles. The van der Waals surface area contributed by atoms with E-state index in [1.165, 1.54) is 55.3 Å². The Bertz CT molecular complexity index is 557. The second-order valence-corrected chi connectivity index (χ2v) is 8.56. The number of aryl methyl sites for hydroxylation is 1. The standard InChI is InChI=1S/C19H28N2S/c1-14(2)16-9-7-8-15(3)17(16)21-18-20-13-12-19(22-18)10-5-4-6-11-19/h7-9,14H,4-6,10-13H2,1-3H3,(H,20,21). The van der Waals surface area contributed by atoms with E-state index in [2.05, 4.69) is 44.3 Å². The number of aliphatic imine (C=N–C) groups is 1. The quantitative estimate of drug-likeness (QED) is 0.754. The lowest BCUT2D eigenvalue weighted by molar-refractivity contribution is 0.381. The maximum Gasteiger partial charge on any atom is 0.161 e. The smallest absolute Gasteiger partial charge is 0.161 e. The largest absolute Gasteiger partial charge is 0.335 e. The van der Waals surface area contributed by atoms with Crippen LogP contribution in [0.25, 0.3) is 0 Å². The number of benzene rings is 1. The summed E-state index contributed by atoms with van der Waals surface area (Å²) in [5.74, 6) is 0.528. The van der Waals surface area contributed by atoms with Gasteiger partial charge in [-0.15, -0.1) is 0 Å². The van der Waals surface area contributed by atoms with Gasteiger partial charge in [-0.1, -0.05) is 63.1 Å². The summed E-state index contributed by atoms with van der Waals surface area (Å²) in [6.45, 7) is 7.70. The van der Waals surface area contributed by atoms with Crippen LogP contribution in [0.15, 0.2) is 23.2 Å². The van der Waals surface area contributed by atoms with Gasteiger partial charge in [-0.25, -0.2) is 0 Å². The van der Waals surface area contributed by atoms with Crippen LogP contribution in [0, 0.1) is 6.92 Å². The Hall–Kier alpha value is -0.960. The van der Waals surface area contributed by atoms with Gasteiger partial charge in [0.25, 0.3) is 0 Å². The Morgan fingerprint density at radius 1 is 1.14 bits per heavy atom. The number of thioether (sulfide) groups is 1. The highest BCUT2D eigenvalue weighted by Crippen LogP contribution is 2.45. The van der Waals surface area contributed by atoms with Crippen molar-refractivity contribution < 1.29 is 0 Å². The number of para-hydroxylation sites is 1. The molecule has 1 N–H and O–H groups in total. The molecule has 0 unspecified atom stereocenters. The topological polar surface area (TPSA) is 24.4 Å². The summed E-state index contributed by atoms with van der Waals surface area (Å²) in [5.41, 5.74) is 3.99. The van der Waals surface area contributed by atoms with Crippen molar-refractivity contribution in [3.8, 4) is 0 Å². The SMILES string of the molecule is Cc1cccc(C(C)C)c1NC1=NCCC2(CCCCC2)S1. The van der Waals surface area contributed by atoms with Crippen molar-refractivity contribution in [1.29, 1.82) is 0 Å². The summed E-state index contributed by atoms with van der Waals surface area (Å²) in [6.07, 6.45) is 8.18. The predicted octanol–water partition coefficient (Wildman–Crippen LogP) is 5.73. The van der Waals surface area contributed by atoms with Gasteiger partial charge >= 0.3 is 0 Å². The van der Waals surface area contributed by atoms with E-state index >= 15 is 0 Å². The van der Waals surface area contributed by atoms with Crippen LogP contribution in [0.2, 0.25) is 0 Å². The normalized spacial score (nSPS) is 21.0. The van der Waals surface area contributed by atoms with E-state index in [-0.39, 0.29) is 0 Å². The molecule has 0 amide bonds. The van der Waals surface area contributed by atoms with Crippen molar-refractivity contribution in [2.24, 2.45) is 4.99 Å². The van der Waals surface area contributed by atoms with E-state index < -0.39 is 0 Å². The molecule has 22 heavy (non-hydrogen) atoms.